The molecule has 2 aromatic rings. The van der Waals surface area contributed by atoms with Crippen molar-refractivity contribution >= 4 is 5.82 Å². The fourth-order valence-electron chi connectivity index (χ4n) is 2.29. The molecule has 1 aromatic heterocycles. The van der Waals surface area contributed by atoms with Gasteiger partial charge in [0.15, 0.2) is 5.82 Å². The molecule has 0 spiro atoms. The first kappa shape index (κ1) is 12.4. The van der Waals surface area contributed by atoms with E-state index >= 15 is 0 Å². The summed E-state index contributed by atoms with van der Waals surface area (Å²) < 4.78 is 1.74. The van der Waals surface area contributed by atoms with E-state index in [-0.39, 0.29) is 11.2 Å². The first-order valence-corrected chi connectivity index (χ1v) is 5.85. The first-order valence-electron chi connectivity index (χ1n) is 5.85. The largest absolute Gasteiger partial charge is 0.379 e. The Morgan fingerprint density at radius 3 is 2.17 bits per heavy atom. The predicted molar refractivity (Wildman–Crippen MR) is 73.2 cm³/mol. The number of aromatic nitrogens is 2. The molecule has 4 heteroatoms. The van der Waals surface area contributed by atoms with E-state index < -0.39 is 0 Å². The topological polar surface area (TPSA) is 60.9 Å². The second kappa shape index (κ2) is 4.29. The second-order valence-corrected chi connectivity index (χ2v) is 4.69. The molecule has 0 saturated carbocycles. The molecule has 1 heterocycles. The SMILES string of the molecule is Cc1cc(C)c(-n2nc(N)c(=O)cc2C)c(C)c1. The minimum atomic E-state index is -0.230. The number of nitrogen functional groups attached to an aromatic ring is 1. The third-order valence-corrected chi connectivity index (χ3v) is 2.98. The average molecular weight is 243 g/mol. The highest BCUT2D eigenvalue weighted by atomic mass is 16.1. The van der Waals surface area contributed by atoms with Gasteiger partial charge in [-0.05, 0) is 38.8 Å². The van der Waals surface area contributed by atoms with Gasteiger partial charge in [-0.1, -0.05) is 17.7 Å². The second-order valence-electron chi connectivity index (χ2n) is 4.69. The summed E-state index contributed by atoms with van der Waals surface area (Å²) in [6, 6.07) is 5.70. The highest BCUT2D eigenvalue weighted by molar-refractivity contribution is 5.50. The summed E-state index contributed by atoms with van der Waals surface area (Å²) in [5.74, 6) is 0.0278. The molecule has 0 unspecified atom stereocenters. The summed E-state index contributed by atoms with van der Waals surface area (Å²) in [5, 5.41) is 4.18. The zero-order chi connectivity index (χ0) is 13.4. The van der Waals surface area contributed by atoms with Crippen molar-refractivity contribution in [1.82, 2.24) is 9.78 Å². The highest BCUT2D eigenvalue weighted by Gasteiger charge is 2.10. The number of benzene rings is 1. The summed E-state index contributed by atoms with van der Waals surface area (Å²) in [4.78, 5) is 11.4. The first-order chi connectivity index (χ1) is 8.40. The van der Waals surface area contributed by atoms with Crippen LogP contribution < -0.4 is 11.2 Å². The van der Waals surface area contributed by atoms with Crippen LogP contribution in [0.15, 0.2) is 23.0 Å². The Morgan fingerprint density at radius 1 is 1.06 bits per heavy atom. The Balaban J connectivity index is 2.77. The van der Waals surface area contributed by atoms with Crippen LogP contribution in [0.2, 0.25) is 0 Å². The third-order valence-electron chi connectivity index (χ3n) is 2.98. The van der Waals surface area contributed by atoms with E-state index in [9.17, 15) is 4.79 Å². The molecule has 0 fully saturated rings. The molecule has 0 amide bonds. The fourth-order valence-corrected chi connectivity index (χ4v) is 2.29. The standard InChI is InChI=1S/C14H17N3O/c1-8-5-9(2)13(10(3)6-8)17-11(4)7-12(18)14(15)16-17/h5-7H,1-4H3,(H2,15,16). The van der Waals surface area contributed by atoms with Crippen molar-refractivity contribution in [2.75, 3.05) is 5.73 Å². The lowest BCUT2D eigenvalue weighted by atomic mass is 10.0. The molecule has 1 aromatic carbocycles. The molecule has 94 valence electrons. The summed E-state index contributed by atoms with van der Waals surface area (Å²) in [7, 11) is 0. The molecule has 2 rings (SSSR count). The highest BCUT2D eigenvalue weighted by Crippen LogP contribution is 2.21. The normalized spacial score (nSPS) is 10.7. The van der Waals surface area contributed by atoms with Crippen LogP contribution >= 0.6 is 0 Å². The van der Waals surface area contributed by atoms with Gasteiger partial charge in [-0.25, -0.2) is 4.68 Å². The number of hydrogen-bond acceptors (Lipinski definition) is 3. The Hall–Kier alpha value is -2.10. The van der Waals surface area contributed by atoms with Gasteiger partial charge in [-0.15, -0.1) is 5.10 Å². The van der Waals surface area contributed by atoms with E-state index in [1.54, 1.807) is 4.68 Å². The summed E-state index contributed by atoms with van der Waals surface area (Å²) in [6.07, 6.45) is 0. The van der Waals surface area contributed by atoms with Gasteiger partial charge in [-0.2, -0.15) is 0 Å². The Morgan fingerprint density at radius 2 is 1.61 bits per heavy atom. The van der Waals surface area contributed by atoms with Gasteiger partial charge in [0.25, 0.3) is 0 Å². The van der Waals surface area contributed by atoms with Crippen LogP contribution in [0.1, 0.15) is 22.4 Å². The molecule has 0 atom stereocenters. The van der Waals surface area contributed by atoms with E-state index in [0.29, 0.717) is 0 Å². The molecule has 0 radical (unpaired) electrons. The fraction of sp³-hybridized carbons (Fsp3) is 0.286. The minimum Gasteiger partial charge on any atom is -0.379 e. The maximum atomic E-state index is 11.4. The van der Waals surface area contributed by atoms with Crippen molar-refractivity contribution in [3.05, 3.63) is 50.8 Å². The molecule has 0 aliphatic rings. The van der Waals surface area contributed by atoms with Crippen LogP contribution in [0.5, 0.6) is 0 Å². The van der Waals surface area contributed by atoms with Gasteiger partial charge in [0.1, 0.15) is 0 Å². The zero-order valence-corrected chi connectivity index (χ0v) is 11.1. The molecular weight excluding hydrogens is 226 g/mol. The van der Waals surface area contributed by atoms with Crippen LogP contribution in [0.25, 0.3) is 5.69 Å². The van der Waals surface area contributed by atoms with Gasteiger partial charge >= 0.3 is 0 Å². The summed E-state index contributed by atoms with van der Waals surface area (Å²) in [6.45, 7) is 7.98. The van der Waals surface area contributed by atoms with E-state index in [0.717, 1.165) is 22.5 Å². The van der Waals surface area contributed by atoms with Crippen molar-refractivity contribution in [2.24, 2.45) is 0 Å². The Bertz CT molecular complexity index is 648. The number of anilines is 1. The number of rotatable bonds is 1. The third kappa shape index (κ3) is 2.01. The molecule has 2 N–H and O–H groups in total. The Kier molecular flexibility index (Phi) is 2.95. The zero-order valence-electron chi connectivity index (χ0n) is 11.1. The maximum absolute atomic E-state index is 11.4. The Labute approximate surface area is 106 Å². The predicted octanol–water partition coefficient (Wildman–Crippen LogP) is 2.05. The van der Waals surface area contributed by atoms with Crippen LogP contribution in [-0.4, -0.2) is 9.78 Å². The van der Waals surface area contributed by atoms with Gasteiger partial charge in [0, 0.05) is 11.8 Å². The molecule has 18 heavy (non-hydrogen) atoms. The molecule has 0 aliphatic heterocycles. The quantitative estimate of drug-likeness (QED) is 0.833. The number of aryl methyl sites for hydroxylation is 4. The van der Waals surface area contributed by atoms with E-state index in [1.807, 2.05) is 20.8 Å². The van der Waals surface area contributed by atoms with Crippen molar-refractivity contribution in [1.29, 1.82) is 0 Å². The maximum Gasteiger partial charge on any atom is 0.224 e. The smallest absolute Gasteiger partial charge is 0.224 e. The summed E-state index contributed by atoms with van der Waals surface area (Å²) >= 11 is 0. The molecular formula is C14H17N3O. The molecule has 0 bridgehead atoms. The monoisotopic (exact) mass is 243 g/mol. The minimum absolute atomic E-state index is 0.0278. The van der Waals surface area contributed by atoms with Gasteiger partial charge in [0.05, 0.1) is 5.69 Å². The lowest BCUT2D eigenvalue weighted by molar-refractivity contribution is 0.796. The molecule has 0 saturated heterocycles. The van der Waals surface area contributed by atoms with E-state index in [2.05, 4.69) is 24.2 Å². The van der Waals surface area contributed by atoms with Crippen LogP contribution in [-0.2, 0) is 0 Å². The van der Waals surface area contributed by atoms with Crippen molar-refractivity contribution in [2.45, 2.75) is 27.7 Å². The average Bonchev–Trinajstić information content (AvgIpc) is 2.24. The molecule has 0 aliphatic carbocycles. The lowest BCUT2D eigenvalue weighted by Gasteiger charge is -2.16. The number of nitrogens with two attached hydrogens (primary N) is 1. The van der Waals surface area contributed by atoms with E-state index in [4.69, 9.17) is 5.73 Å². The number of nitrogens with zero attached hydrogens (tertiary/aromatic N) is 2. The lowest BCUT2D eigenvalue weighted by Crippen LogP contribution is -2.18. The van der Waals surface area contributed by atoms with Gasteiger partial charge < -0.3 is 5.73 Å². The van der Waals surface area contributed by atoms with E-state index in [1.165, 1.54) is 11.6 Å². The van der Waals surface area contributed by atoms with Crippen LogP contribution in [0.4, 0.5) is 5.82 Å². The summed E-state index contributed by atoms with van der Waals surface area (Å²) in [5.41, 5.74) is 10.6. The van der Waals surface area contributed by atoms with Gasteiger partial charge in [0.2, 0.25) is 5.43 Å². The molecule has 4 nitrogen and oxygen atoms in total. The van der Waals surface area contributed by atoms with Gasteiger partial charge in [-0.3, -0.25) is 4.79 Å². The number of hydrogen-bond donors (Lipinski definition) is 1. The van der Waals surface area contributed by atoms with Crippen molar-refractivity contribution in [3.63, 3.8) is 0 Å². The van der Waals surface area contributed by atoms with Crippen LogP contribution in [0, 0.1) is 27.7 Å². The van der Waals surface area contributed by atoms with Crippen molar-refractivity contribution in [3.8, 4) is 5.69 Å². The van der Waals surface area contributed by atoms with Crippen molar-refractivity contribution < 1.29 is 0 Å². The van der Waals surface area contributed by atoms with Crippen LogP contribution in [0.3, 0.4) is 0 Å².